The van der Waals surface area contributed by atoms with Gasteiger partial charge in [-0.1, -0.05) is 31.9 Å². The lowest BCUT2D eigenvalue weighted by Gasteiger charge is -2.39. The van der Waals surface area contributed by atoms with E-state index in [9.17, 15) is 4.79 Å². The van der Waals surface area contributed by atoms with Gasteiger partial charge in [-0.2, -0.15) is 0 Å². The van der Waals surface area contributed by atoms with Crippen molar-refractivity contribution in [2.45, 2.75) is 51.6 Å². The highest BCUT2D eigenvalue weighted by Gasteiger charge is 2.29. The molecule has 1 aromatic rings. The number of anilines is 1. The van der Waals surface area contributed by atoms with E-state index in [2.05, 4.69) is 28.1 Å². The second kappa shape index (κ2) is 8.76. The highest BCUT2D eigenvalue weighted by atomic mass is 16.5. The van der Waals surface area contributed by atoms with Gasteiger partial charge in [-0.05, 0) is 37.8 Å². The van der Waals surface area contributed by atoms with Crippen LogP contribution in [0.2, 0.25) is 0 Å². The largest absolute Gasteiger partial charge is 0.495 e. The number of para-hydroxylation sites is 2. The molecule has 3 atom stereocenters. The number of nitrogens with zero attached hydrogens (tertiary/aromatic N) is 2. The van der Waals surface area contributed by atoms with E-state index in [1.54, 1.807) is 7.11 Å². The smallest absolute Gasteiger partial charge is 0.237 e. The Morgan fingerprint density at radius 3 is 2.54 bits per heavy atom. The summed E-state index contributed by atoms with van der Waals surface area (Å²) in [6.07, 6.45) is 4.90. The minimum atomic E-state index is -0.0658. The van der Waals surface area contributed by atoms with Crippen LogP contribution in [-0.4, -0.2) is 56.2 Å². The lowest BCUT2D eigenvalue weighted by molar-refractivity contribution is -0.127. The Labute approximate surface area is 157 Å². The lowest BCUT2D eigenvalue weighted by Crippen LogP contribution is -2.55. The standard InChI is InChI=1S/C21H33N3O2/c1-16-8-4-5-9-18(16)22-21(25)17(2)23-12-14-24(15-13-23)19-10-6-7-11-20(19)26-3/h6-7,10-11,16-18H,4-5,8-9,12-15H2,1-3H3,(H,22,25). The van der Waals surface area contributed by atoms with Crippen LogP contribution in [0.1, 0.15) is 39.5 Å². The molecule has 1 heterocycles. The number of methoxy groups -OCH3 is 1. The first kappa shape index (κ1) is 19.0. The predicted molar refractivity (Wildman–Crippen MR) is 106 cm³/mol. The fourth-order valence-corrected chi connectivity index (χ4v) is 4.24. The van der Waals surface area contributed by atoms with E-state index in [-0.39, 0.29) is 11.9 Å². The van der Waals surface area contributed by atoms with E-state index in [0.29, 0.717) is 12.0 Å². The van der Waals surface area contributed by atoms with Gasteiger partial charge in [0.1, 0.15) is 5.75 Å². The van der Waals surface area contributed by atoms with Crippen LogP contribution in [0.5, 0.6) is 5.75 Å². The van der Waals surface area contributed by atoms with Gasteiger partial charge in [-0.25, -0.2) is 0 Å². The van der Waals surface area contributed by atoms with Crippen LogP contribution in [-0.2, 0) is 4.79 Å². The molecule has 144 valence electrons. The van der Waals surface area contributed by atoms with Crippen LogP contribution in [0.25, 0.3) is 0 Å². The minimum Gasteiger partial charge on any atom is -0.495 e. The zero-order chi connectivity index (χ0) is 18.5. The number of hydrogen-bond acceptors (Lipinski definition) is 4. The first-order chi connectivity index (χ1) is 12.6. The van der Waals surface area contributed by atoms with E-state index in [1.807, 2.05) is 25.1 Å². The molecule has 26 heavy (non-hydrogen) atoms. The third-order valence-electron chi connectivity index (χ3n) is 6.11. The Morgan fingerprint density at radius 1 is 1.15 bits per heavy atom. The van der Waals surface area contributed by atoms with Crippen LogP contribution in [0.4, 0.5) is 5.69 Å². The summed E-state index contributed by atoms with van der Waals surface area (Å²) in [5.74, 6) is 1.70. The SMILES string of the molecule is COc1ccccc1N1CCN(C(C)C(=O)NC2CCCCC2C)CC1. The number of carbonyl (C=O) groups is 1. The van der Waals surface area contributed by atoms with Gasteiger partial charge in [0.15, 0.2) is 0 Å². The Morgan fingerprint density at radius 2 is 1.85 bits per heavy atom. The van der Waals surface area contributed by atoms with Crippen molar-refractivity contribution in [3.8, 4) is 5.75 Å². The zero-order valence-electron chi connectivity index (χ0n) is 16.4. The molecule has 1 amide bonds. The average Bonchev–Trinajstić information content (AvgIpc) is 2.69. The molecule has 1 aliphatic heterocycles. The van der Waals surface area contributed by atoms with E-state index >= 15 is 0 Å². The number of piperazine rings is 1. The number of benzene rings is 1. The van der Waals surface area contributed by atoms with E-state index in [1.165, 1.54) is 19.3 Å². The highest BCUT2D eigenvalue weighted by Crippen LogP contribution is 2.28. The topological polar surface area (TPSA) is 44.8 Å². The molecule has 1 aromatic carbocycles. The number of rotatable bonds is 5. The summed E-state index contributed by atoms with van der Waals surface area (Å²) in [6.45, 7) is 7.93. The van der Waals surface area contributed by atoms with Crippen molar-refractivity contribution in [3.63, 3.8) is 0 Å². The predicted octanol–water partition coefficient (Wildman–Crippen LogP) is 2.90. The monoisotopic (exact) mass is 359 g/mol. The maximum absolute atomic E-state index is 12.7. The van der Waals surface area contributed by atoms with Crippen LogP contribution < -0.4 is 15.0 Å². The van der Waals surface area contributed by atoms with Gasteiger partial charge < -0.3 is 15.0 Å². The Hall–Kier alpha value is -1.75. The van der Waals surface area contributed by atoms with Gasteiger partial charge in [0, 0.05) is 32.2 Å². The molecule has 3 unspecified atom stereocenters. The normalized spacial score (nSPS) is 25.6. The quantitative estimate of drug-likeness (QED) is 0.878. The maximum atomic E-state index is 12.7. The number of nitrogens with one attached hydrogen (secondary N) is 1. The molecule has 0 bridgehead atoms. The van der Waals surface area contributed by atoms with Gasteiger partial charge in [0.2, 0.25) is 5.91 Å². The molecule has 0 radical (unpaired) electrons. The third-order valence-corrected chi connectivity index (χ3v) is 6.11. The first-order valence-electron chi connectivity index (χ1n) is 10.0. The molecule has 0 aromatic heterocycles. The van der Waals surface area contributed by atoms with Crippen LogP contribution in [0.15, 0.2) is 24.3 Å². The molecule has 2 aliphatic rings. The van der Waals surface area contributed by atoms with Gasteiger partial charge >= 0.3 is 0 Å². The van der Waals surface area contributed by atoms with E-state index in [4.69, 9.17) is 4.74 Å². The zero-order valence-corrected chi connectivity index (χ0v) is 16.4. The molecular weight excluding hydrogens is 326 g/mol. The summed E-state index contributed by atoms with van der Waals surface area (Å²) in [5, 5.41) is 3.31. The summed E-state index contributed by atoms with van der Waals surface area (Å²) < 4.78 is 5.49. The molecule has 1 aliphatic carbocycles. The first-order valence-corrected chi connectivity index (χ1v) is 10.0. The minimum absolute atomic E-state index is 0.0658. The molecule has 0 spiro atoms. The van der Waals surface area contributed by atoms with Crippen molar-refractivity contribution in [2.24, 2.45) is 5.92 Å². The molecular formula is C21H33N3O2. The Bertz CT molecular complexity index is 599. The van der Waals surface area contributed by atoms with Crippen molar-refractivity contribution >= 4 is 11.6 Å². The molecule has 1 N–H and O–H groups in total. The number of amides is 1. The summed E-state index contributed by atoms with van der Waals surface area (Å²) >= 11 is 0. The number of hydrogen-bond donors (Lipinski definition) is 1. The Kier molecular flexibility index (Phi) is 6.41. The second-order valence-electron chi connectivity index (χ2n) is 7.75. The molecule has 2 fully saturated rings. The van der Waals surface area contributed by atoms with E-state index in [0.717, 1.165) is 44.0 Å². The summed E-state index contributed by atoms with van der Waals surface area (Å²) in [7, 11) is 1.72. The highest BCUT2D eigenvalue weighted by molar-refractivity contribution is 5.81. The van der Waals surface area contributed by atoms with Crippen molar-refractivity contribution < 1.29 is 9.53 Å². The van der Waals surface area contributed by atoms with Gasteiger partial charge in [-0.15, -0.1) is 0 Å². The maximum Gasteiger partial charge on any atom is 0.237 e. The summed E-state index contributed by atoms with van der Waals surface area (Å²) in [4.78, 5) is 17.4. The lowest BCUT2D eigenvalue weighted by atomic mass is 9.86. The number of ether oxygens (including phenoxy) is 1. The molecule has 1 saturated carbocycles. The van der Waals surface area contributed by atoms with Crippen LogP contribution >= 0.6 is 0 Å². The summed E-state index contributed by atoms with van der Waals surface area (Å²) in [5.41, 5.74) is 1.14. The molecule has 3 rings (SSSR count). The van der Waals surface area contributed by atoms with Crippen molar-refractivity contribution in [1.29, 1.82) is 0 Å². The number of carbonyl (C=O) groups excluding carboxylic acids is 1. The molecule has 5 nitrogen and oxygen atoms in total. The van der Waals surface area contributed by atoms with Gasteiger partial charge in [0.05, 0.1) is 18.8 Å². The fraction of sp³-hybridized carbons (Fsp3) is 0.667. The third kappa shape index (κ3) is 4.32. The summed E-state index contributed by atoms with van der Waals surface area (Å²) in [6, 6.07) is 8.44. The Balaban J connectivity index is 1.53. The fourth-order valence-electron chi connectivity index (χ4n) is 4.24. The van der Waals surface area contributed by atoms with E-state index < -0.39 is 0 Å². The van der Waals surface area contributed by atoms with Crippen molar-refractivity contribution in [2.75, 3.05) is 38.2 Å². The van der Waals surface area contributed by atoms with Crippen LogP contribution in [0, 0.1) is 5.92 Å². The van der Waals surface area contributed by atoms with Gasteiger partial charge in [0.25, 0.3) is 0 Å². The average molecular weight is 360 g/mol. The molecule has 1 saturated heterocycles. The van der Waals surface area contributed by atoms with Gasteiger partial charge in [-0.3, -0.25) is 9.69 Å². The second-order valence-corrected chi connectivity index (χ2v) is 7.75. The van der Waals surface area contributed by atoms with Crippen molar-refractivity contribution in [3.05, 3.63) is 24.3 Å². The van der Waals surface area contributed by atoms with Crippen LogP contribution in [0.3, 0.4) is 0 Å². The van der Waals surface area contributed by atoms with Crippen molar-refractivity contribution in [1.82, 2.24) is 10.2 Å². The molecule has 5 heteroatoms.